The number of hydrogen-bond donors (Lipinski definition) is 1. The van der Waals surface area contributed by atoms with Crippen molar-refractivity contribution in [1.29, 1.82) is 0 Å². The molecular weight excluding hydrogens is 469 g/mol. The van der Waals surface area contributed by atoms with Crippen LogP contribution in [0.15, 0.2) is 71.6 Å². The number of hydrogen-bond acceptors (Lipinski definition) is 5. The van der Waals surface area contributed by atoms with Crippen LogP contribution in [0, 0.1) is 17.5 Å². The van der Waals surface area contributed by atoms with Gasteiger partial charge in [-0.15, -0.1) is 0 Å². The third-order valence-electron chi connectivity index (χ3n) is 4.62. The topological polar surface area (TPSA) is 75.7 Å². The van der Waals surface area contributed by atoms with Crippen LogP contribution in [0.5, 0.6) is 11.5 Å². The molecule has 0 aliphatic carbocycles. The van der Waals surface area contributed by atoms with Crippen LogP contribution in [0.3, 0.4) is 0 Å². The SMILES string of the molecule is O=C(CN1C(=O)S/C(=C/c2cccc(Oc3ccccc3)c2)C1=O)Nc1ccc(F)c(F)c1F. The molecular formula is C24H15F3N2O4S. The van der Waals surface area contributed by atoms with Crippen molar-refractivity contribution >= 4 is 40.6 Å². The van der Waals surface area contributed by atoms with E-state index in [0.717, 1.165) is 6.07 Å². The molecule has 0 spiro atoms. The van der Waals surface area contributed by atoms with E-state index in [1.54, 1.807) is 36.4 Å². The lowest BCUT2D eigenvalue weighted by Crippen LogP contribution is -2.36. The summed E-state index contributed by atoms with van der Waals surface area (Å²) in [5.74, 6) is -5.26. The number of ether oxygens (including phenoxy) is 1. The van der Waals surface area contributed by atoms with Crippen molar-refractivity contribution in [3.05, 3.63) is 94.7 Å². The van der Waals surface area contributed by atoms with Gasteiger partial charge >= 0.3 is 0 Å². The largest absolute Gasteiger partial charge is 0.457 e. The number of nitrogens with one attached hydrogen (secondary N) is 1. The predicted molar refractivity (Wildman–Crippen MR) is 121 cm³/mol. The van der Waals surface area contributed by atoms with Crippen molar-refractivity contribution in [3.8, 4) is 11.5 Å². The minimum Gasteiger partial charge on any atom is -0.457 e. The van der Waals surface area contributed by atoms with Crippen LogP contribution in [0.4, 0.5) is 23.7 Å². The first kappa shape index (κ1) is 23.1. The van der Waals surface area contributed by atoms with E-state index in [4.69, 9.17) is 4.74 Å². The number of benzene rings is 3. The van der Waals surface area contributed by atoms with Gasteiger partial charge in [0, 0.05) is 0 Å². The molecule has 1 saturated heterocycles. The molecule has 4 rings (SSSR count). The Labute approximate surface area is 196 Å². The molecule has 0 unspecified atom stereocenters. The number of thioether (sulfide) groups is 1. The molecule has 172 valence electrons. The number of halogens is 3. The van der Waals surface area contributed by atoms with E-state index >= 15 is 0 Å². The summed E-state index contributed by atoms with van der Waals surface area (Å²) >= 11 is 0.636. The molecule has 3 amide bonds. The Hall–Kier alpha value is -4.05. The second kappa shape index (κ2) is 9.84. The molecule has 1 fully saturated rings. The lowest BCUT2D eigenvalue weighted by Gasteiger charge is -2.13. The molecule has 3 aromatic carbocycles. The van der Waals surface area contributed by atoms with Gasteiger partial charge in [-0.1, -0.05) is 30.3 Å². The van der Waals surface area contributed by atoms with Crippen LogP contribution in [0.2, 0.25) is 0 Å². The molecule has 0 radical (unpaired) electrons. The molecule has 0 atom stereocenters. The van der Waals surface area contributed by atoms with Gasteiger partial charge in [0.2, 0.25) is 5.91 Å². The fraction of sp³-hybridized carbons (Fsp3) is 0.0417. The van der Waals surface area contributed by atoms with E-state index in [0.29, 0.717) is 39.8 Å². The maximum atomic E-state index is 13.8. The third-order valence-corrected chi connectivity index (χ3v) is 5.53. The number of anilines is 1. The average Bonchev–Trinajstić information content (AvgIpc) is 3.07. The number of carbonyl (C=O) groups is 3. The molecule has 6 nitrogen and oxygen atoms in total. The van der Waals surface area contributed by atoms with Crippen LogP contribution < -0.4 is 10.1 Å². The minimum atomic E-state index is -1.75. The summed E-state index contributed by atoms with van der Waals surface area (Å²) in [6.07, 6.45) is 1.48. The zero-order valence-corrected chi connectivity index (χ0v) is 18.1. The van der Waals surface area contributed by atoms with Crippen LogP contribution in [0.1, 0.15) is 5.56 Å². The summed E-state index contributed by atoms with van der Waals surface area (Å²) in [7, 11) is 0. The first-order chi connectivity index (χ1) is 16.3. The van der Waals surface area contributed by atoms with E-state index in [-0.39, 0.29) is 4.91 Å². The molecule has 0 saturated carbocycles. The first-order valence-electron chi connectivity index (χ1n) is 9.83. The van der Waals surface area contributed by atoms with Gasteiger partial charge in [0.1, 0.15) is 18.0 Å². The zero-order valence-electron chi connectivity index (χ0n) is 17.3. The Morgan fingerprint density at radius 1 is 0.941 bits per heavy atom. The molecule has 1 aliphatic rings. The summed E-state index contributed by atoms with van der Waals surface area (Å²) in [6.45, 7) is -0.725. The van der Waals surface area contributed by atoms with Crippen LogP contribution in [-0.4, -0.2) is 28.5 Å². The van der Waals surface area contributed by atoms with Crippen molar-refractivity contribution in [3.63, 3.8) is 0 Å². The monoisotopic (exact) mass is 484 g/mol. The van der Waals surface area contributed by atoms with E-state index in [1.165, 1.54) is 6.08 Å². The Balaban J connectivity index is 1.45. The highest BCUT2D eigenvalue weighted by Gasteiger charge is 2.36. The normalized spacial score (nSPS) is 14.6. The van der Waals surface area contributed by atoms with Crippen LogP contribution in [-0.2, 0) is 9.59 Å². The van der Waals surface area contributed by atoms with E-state index < -0.39 is 46.7 Å². The van der Waals surface area contributed by atoms with Gasteiger partial charge in [0.25, 0.3) is 11.1 Å². The maximum Gasteiger partial charge on any atom is 0.294 e. The molecule has 1 N–H and O–H groups in total. The predicted octanol–water partition coefficient (Wildman–Crippen LogP) is 5.57. The first-order valence-corrected chi connectivity index (χ1v) is 10.6. The van der Waals surface area contributed by atoms with Crippen molar-refractivity contribution in [2.45, 2.75) is 0 Å². The quantitative estimate of drug-likeness (QED) is 0.366. The number of para-hydroxylation sites is 1. The van der Waals surface area contributed by atoms with Crippen molar-refractivity contribution < 1.29 is 32.3 Å². The fourth-order valence-corrected chi connectivity index (χ4v) is 3.87. The minimum absolute atomic E-state index is 0.0775. The summed E-state index contributed by atoms with van der Waals surface area (Å²) in [5.41, 5.74) is -0.0196. The average molecular weight is 484 g/mol. The van der Waals surface area contributed by atoms with Crippen molar-refractivity contribution in [2.75, 3.05) is 11.9 Å². The van der Waals surface area contributed by atoms with Crippen LogP contribution in [0.25, 0.3) is 6.08 Å². The smallest absolute Gasteiger partial charge is 0.294 e. The molecule has 34 heavy (non-hydrogen) atoms. The van der Waals surface area contributed by atoms with Gasteiger partial charge in [0.05, 0.1) is 10.6 Å². The third kappa shape index (κ3) is 5.12. The van der Waals surface area contributed by atoms with E-state index in [1.807, 2.05) is 23.5 Å². The van der Waals surface area contributed by atoms with Gasteiger partial charge in [-0.05, 0) is 59.8 Å². The van der Waals surface area contributed by atoms with Gasteiger partial charge in [-0.3, -0.25) is 19.3 Å². The lowest BCUT2D eigenvalue weighted by molar-refractivity contribution is -0.127. The number of amides is 3. The van der Waals surface area contributed by atoms with Crippen molar-refractivity contribution in [1.82, 2.24) is 4.90 Å². The number of rotatable bonds is 6. The Morgan fingerprint density at radius 3 is 2.44 bits per heavy atom. The summed E-state index contributed by atoms with van der Waals surface area (Å²) in [5, 5.41) is 1.33. The second-order valence-corrected chi connectivity index (χ2v) is 8.02. The number of nitrogens with zero attached hydrogens (tertiary/aromatic N) is 1. The Morgan fingerprint density at radius 2 is 1.68 bits per heavy atom. The summed E-state index contributed by atoms with van der Waals surface area (Å²) in [4.78, 5) is 37.9. The molecule has 0 aromatic heterocycles. The van der Waals surface area contributed by atoms with Gasteiger partial charge in [0.15, 0.2) is 17.5 Å². The Bertz CT molecular complexity index is 1310. The molecule has 0 bridgehead atoms. The zero-order chi connectivity index (χ0) is 24.2. The van der Waals surface area contributed by atoms with E-state index in [9.17, 15) is 27.6 Å². The highest BCUT2D eigenvalue weighted by Crippen LogP contribution is 2.33. The highest BCUT2D eigenvalue weighted by molar-refractivity contribution is 8.18. The van der Waals surface area contributed by atoms with Crippen molar-refractivity contribution in [2.24, 2.45) is 0 Å². The van der Waals surface area contributed by atoms with Crippen LogP contribution >= 0.6 is 11.8 Å². The molecule has 3 aromatic rings. The Kier molecular flexibility index (Phi) is 6.69. The summed E-state index contributed by atoms with van der Waals surface area (Å²) in [6, 6.07) is 17.4. The van der Waals surface area contributed by atoms with Gasteiger partial charge in [-0.2, -0.15) is 0 Å². The standard InChI is InChI=1S/C24H15F3N2O4S/c25-17-9-10-18(22(27)21(17)26)28-20(30)13-29-23(31)19(34-24(29)32)12-14-5-4-8-16(11-14)33-15-6-2-1-3-7-15/h1-12H,13H2,(H,28,30)/b19-12+. The van der Waals surface area contributed by atoms with E-state index in [2.05, 4.69) is 0 Å². The molecule has 1 aliphatic heterocycles. The summed E-state index contributed by atoms with van der Waals surface area (Å²) < 4.78 is 45.9. The lowest BCUT2D eigenvalue weighted by atomic mass is 10.2. The fourth-order valence-electron chi connectivity index (χ4n) is 3.04. The second-order valence-electron chi connectivity index (χ2n) is 7.03. The highest BCUT2D eigenvalue weighted by atomic mass is 32.2. The maximum absolute atomic E-state index is 13.8. The number of imide groups is 1. The van der Waals surface area contributed by atoms with Gasteiger partial charge < -0.3 is 10.1 Å². The molecule has 1 heterocycles. The number of carbonyl (C=O) groups excluding carboxylic acids is 3. The molecule has 10 heteroatoms. The van der Waals surface area contributed by atoms with Gasteiger partial charge in [-0.25, -0.2) is 13.2 Å².